The molecular formula is C39H52O5+2. The zero-order valence-electron chi connectivity index (χ0n) is 29.1. The van der Waals surface area contributed by atoms with Crippen molar-refractivity contribution in [2.24, 2.45) is 0 Å². The quantitative estimate of drug-likeness (QED) is 0.225. The first kappa shape index (κ1) is 34.8. The Morgan fingerprint density at radius 1 is 0.614 bits per heavy atom. The maximum atomic E-state index is 12.9. The van der Waals surface area contributed by atoms with E-state index in [0.717, 1.165) is 34.2 Å². The number of hydrogen-bond acceptors (Lipinski definition) is 3. The van der Waals surface area contributed by atoms with Gasteiger partial charge in [0.05, 0.1) is 33.8 Å². The molecule has 3 rings (SSSR count). The van der Waals surface area contributed by atoms with Gasteiger partial charge >= 0.3 is 29.0 Å². The molecule has 0 amide bonds. The van der Waals surface area contributed by atoms with Gasteiger partial charge in [0, 0.05) is 35.4 Å². The first-order valence-electron chi connectivity index (χ1n) is 15.5. The molecule has 0 unspecified atom stereocenters. The fourth-order valence-corrected chi connectivity index (χ4v) is 4.35. The molecule has 236 valence electrons. The van der Waals surface area contributed by atoms with Crippen molar-refractivity contribution in [2.45, 2.75) is 112 Å². The van der Waals surface area contributed by atoms with Crippen LogP contribution in [-0.4, -0.2) is 17.7 Å². The highest BCUT2D eigenvalue weighted by atomic mass is 16.5. The number of carbonyl (C=O) groups excluding carboxylic acids is 1. The Bertz CT molecular complexity index is 1390. The van der Waals surface area contributed by atoms with Crippen molar-refractivity contribution in [3.63, 3.8) is 0 Å². The normalized spacial score (nSPS) is 13.2. The monoisotopic (exact) mass is 600 g/mol. The molecule has 0 spiro atoms. The largest absolute Gasteiger partial charge is 0.507 e. The van der Waals surface area contributed by atoms with E-state index in [-0.39, 0.29) is 34.0 Å². The summed E-state index contributed by atoms with van der Waals surface area (Å²) in [6.45, 7) is 27.5. The van der Waals surface area contributed by atoms with Gasteiger partial charge < -0.3 is 9.84 Å². The molecule has 0 radical (unpaired) electrons. The van der Waals surface area contributed by atoms with E-state index in [0.29, 0.717) is 16.7 Å². The third-order valence-corrected chi connectivity index (χ3v) is 7.18. The Labute approximate surface area is 264 Å². The van der Waals surface area contributed by atoms with E-state index >= 15 is 0 Å². The molecule has 2 heterocycles. The molecule has 0 aliphatic heterocycles. The summed E-state index contributed by atoms with van der Waals surface area (Å²) >= 11 is 0. The third-order valence-electron chi connectivity index (χ3n) is 7.18. The number of aromatic hydroxyl groups is 1. The van der Waals surface area contributed by atoms with Crippen molar-refractivity contribution < 1.29 is 23.5 Å². The van der Waals surface area contributed by atoms with Crippen LogP contribution in [0.5, 0.6) is 5.75 Å². The second-order valence-electron chi connectivity index (χ2n) is 15.6. The molecule has 1 N–H and O–H groups in total. The summed E-state index contributed by atoms with van der Waals surface area (Å²) < 4.78 is 17.9. The minimum Gasteiger partial charge on any atom is -0.507 e. The highest BCUT2D eigenvalue weighted by Crippen LogP contribution is 2.34. The second-order valence-corrected chi connectivity index (χ2v) is 15.6. The zero-order valence-corrected chi connectivity index (χ0v) is 29.1. The van der Waals surface area contributed by atoms with Crippen LogP contribution in [0.1, 0.15) is 146 Å². The van der Waals surface area contributed by atoms with Crippen LogP contribution in [0.25, 0.3) is 24.3 Å². The summed E-state index contributed by atoms with van der Waals surface area (Å²) in [5.74, 6) is 3.12. The molecule has 5 nitrogen and oxygen atoms in total. The lowest BCUT2D eigenvalue weighted by Gasteiger charge is -2.14. The number of esters is 1. The Hall–Kier alpha value is -3.73. The molecular weight excluding hydrogens is 548 g/mol. The highest BCUT2D eigenvalue weighted by Gasteiger charge is 2.34. The number of rotatable bonds is 6. The lowest BCUT2D eigenvalue weighted by atomic mass is 9.88. The Balaban J connectivity index is 2.16. The van der Waals surface area contributed by atoms with Gasteiger partial charge in [-0.2, -0.15) is 0 Å². The van der Waals surface area contributed by atoms with Crippen molar-refractivity contribution in [1.29, 1.82) is 0 Å². The van der Waals surface area contributed by atoms with Crippen LogP contribution in [0.3, 0.4) is 0 Å². The minimum atomic E-state index is -0.441. The smallest absolute Gasteiger partial charge is 0.338 e. The maximum absolute atomic E-state index is 12.9. The molecule has 0 aliphatic carbocycles. The number of phenolic OH excluding ortho intramolecular Hbond substituents is 1. The van der Waals surface area contributed by atoms with E-state index < -0.39 is 5.97 Å². The molecule has 1 aromatic carbocycles. The van der Waals surface area contributed by atoms with E-state index in [9.17, 15) is 9.90 Å². The van der Waals surface area contributed by atoms with Crippen LogP contribution in [-0.2, 0) is 26.4 Å². The van der Waals surface area contributed by atoms with Gasteiger partial charge in [-0.1, -0.05) is 24.3 Å². The van der Waals surface area contributed by atoms with Gasteiger partial charge in [-0.3, -0.25) is 0 Å². The second kappa shape index (κ2) is 12.7. The number of carbonyl (C=O) groups is 1. The molecule has 0 saturated heterocycles. The summed E-state index contributed by atoms with van der Waals surface area (Å²) in [6.07, 6.45) is 7.56. The van der Waals surface area contributed by atoms with Gasteiger partial charge in [-0.25, -0.2) is 13.6 Å². The first-order valence-corrected chi connectivity index (χ1v) is 15.5. The van der Waals surface area contributed by atoms with Crippen molar-refractivity contribution in [3.05, 3.63) is 87.3 Å². The van der Waals surface area contributed by atoms with Crippen LogP contribution >= 0.6 is 0 Å². The molecule has 0 atom stereocenters. The molecule has 0 saturated carbocycles. The Morgan fingerprint density at radius 2 is 0.932 bits per heavy atom. The summed E-state index contributed by atoms with van der Waals surface area (Å²) in [6, 6.07) is 11.4. The number of benzene rings is 1. The molecule has 2 aromatic heterocycles. The highest BCUT2D eigenvalue weighted by molar-refractivity contribution is 5.93. The van der Waals surface area contributed by atoms with Crippen molar-refractivity contribution >= 4 is 30.3 Å². The topological polar surface area (TPSA) is 69.1 Å². The fraction of sp³-hybridized carbons (Fsp3) is 0.462. The summed E-state index contributed by atoms with van der Waals surface area (Å²) in [7, 11) is 0. The molecule has 0 bridgehead atoms. The molecule has 3 aromatic rings. The fourth-order valence-electron chi connectivity index (χ4n) is 4.35. The van der Waals surface area contributed by atoms with E-state index in [1.807, 2.05) is 48.6 Å². The van der Waals surface area contributed by atoms with Gasteiger partial charge in [0.1, 0.15) is 5.75 Å². The van der Waals surface area contributed by atoms with Crippen LogP contribution in [0.4, 0.5) is 0 Å². The standard InChI is InChI=1S/C39H51O5/c1-14-42-35(41)29-23-27(17-15-25-19-30(36(2,3)4)43-31(20-25)37(5,6)7)34(40)28(24-29)18-16-26-21-32(38(8,9)10)44-33(22-26)39(11,12)13/h15-24H,14H2,1-13H3/q+1/p+1/b17-15+,18-16+. The van der Waals surface area contributed by atoms with E-state index in [2.05, 4.69) is 83.1 Å². The van der Waals surface area contributed by atoms with E-state index in [1.165, 1.54) is 0 Å². The zero-order chi connectivity index (χ0) is 33.3. The average Bonchev–Trinajstić information content (AvgIpc) is 2.89. The molecule has 44 heavy (non-hydrogen) atoms. The molecule has 5 heteroatoms. The van der Waals surface area contributed by atoms with Crippen molar-refractivity contribution in [3.8, 4) is 5.75 Å². The predicted molar refractivity (Wildman–Crippen MR) is 183 cm³/mol. The summed E-state index contributed by atoms with van der Waals surface area (Å²) in [4.78, 5) is 12.9. The average molecular weight is 601 g/mol. The van der Waals surface area contributed by atoms with Gasteiger partial charge in [0.25, 0.3) is 0 Å². The van der Waals surface area contributed by atoms with Crippen LogP contribution in [0.15, 0.2) is 45.2 Å². The maximum Gasteiger partial charge on any atom is 0.338 e. The summed E-state index contributed by atoms with van der Waals surface area (Å²) in [5.41, 5.74) is 2.56. The van der Waals surface area contributed by atoms with Crippen molar-refractivity contribution in [1.82, 2.24) is 0 Å². The Morgan fingerprint density at radius 3 is 1.20 bits per heavy atom. The molecule has 0 aliphatic rings. The number of phenols is 1. The van der Waals surface area contributed by atoms with Gasteiger partial charge in [-0.15, -0.1) is 0 Å². The van der Waals surface area contributed by atoms with Gasteiger partial charge in [-0.05, 0) is 113 Å². The van der Waals surface area contributed by atoms with Crippen LogP contribution in [0.2, 0.25) is 0 Å². The van der Waals surface area contributed by atoms with E-state index in [4.69, 9.17) is 13.6 Å². The predicted octanol–water partition coefficient (Wildman–Crippen LogP) is 10.8. The van der Waals surface area contributed by atoms with Crippen LogP contribution in [0, 0.1) is 0 Å². The van der Waals surface area contributed by atoms with Gasteiger partial charge in [0.15, 0.2) is 0 Å². The first-order chi connectivity index (χ1) is 20.1. The number of ether oxygens (including phenoxy) is 1. The SMILES string of the molecule is CCOC(=O)c1cc(/C=C/c2cc(C(C)(C)C)[o+]c(C(C)(C)C)c2)c(O)c(/C=C/c2cc(C(C)(C)C)[o+]c(C(C)(C)C)c2)c1. The van der Waals surface area contributed by atoms with Gasteiger partial charge in [0.2, 0.25) is 0 Å². The summed E-state index contributed by atoms with van der Waals surface area (Å²) in [5, 5.41) is 11.4. The Kier molecular flexibility index (Phi) is 10.0. The molecule has 0 fully saturated rings. The van der Waals surface area contributed by atoms with Crippen LogP contribution < -0.4 is 0 Å². The van der Waals surface area contributed by atoms with Crippen molar-refractivity contribution in [2.75, 3.05) is 6.61 Å². The van der Waals surface area contributed by atoms with E-state index in [1.54, 1.807) is 19.1 Å². The lowest BCUT2D eigenvalue weighted by molar-refractivity contribution is 0.0526. The lowest BCUT2D eigenvalue weighted by Crippen LogP contribution is -2.16. The minimum absolute atomic E-state index is 0.0750. The number of hydrogen-bond donors (Lipinski definition) is 1. The third kappa shape index (κ3) is 8.90.